The Bertz CT molecular complexity index is 2000. The van der Waals surface area contributed by atoms with Crippen LogP contribution in [0.25, 0.3) is 44.5 Å². The van der Waals surface area contributed by atoms with Crippen molar-refractivity contribution >= 4 is 17.0 Å². The molecule has 0 spiro atoms. The molecular formula is C42H54N8O3. The van der Waals surface area contributed by atoms with E-state index in [9.17, 15) is 4.79 Å². The molecule has 11 heteroatoms. The summed E-state index contributed by atoms with van der Waals surface area (Å²) in [5, 5.41) is 9.41. The van der Waals surface area contributed by atoms with E-state index >= 15 is 0 Å². The number of H-pyrrole nitrogens is 2. The maximum atomic E-state index is 9.59. The first-order valence-corrected chi connectivity index (χ1v) is 19.2. The summed E-state index contributed by atoms with van der Waals surface area (Å²) in [7, 11) is 2.80. The van der Waals surface area contributed by atoms with Crippen molar-refractivity contribution < 1.29 is 9.53 Å². The number of imidazole rings is 2. The molecule has 4 heterocycles. The molecule has 5 aromatic rings. The molecule has 4 unspecified atom stereocenters. The highest BCUT2D eigenvalue weighted by molar-refractivity contribution is 5.86. The minimum Gasteiger partial charge on any atom is -0.469 e. The monoisotopic (exact) mass is 718 g/mol. The summed E-state index contributed by atoms with van der Waals surface area (Å²) in [5.41, 5.74) is 15.2. The number of ether oxygens (including phenoxy) is 1. The molecule has 0 radical (unpaired) electrons. The molecule has 5 N–H and O–H groups in total. The number of carbonyl (C=O) groups excluding carboxylic acids is 1. The molecule has 9 rings (SSSR count). The van der Waals surface area contributed by atoms with E-state index in [0.29, 0.717) is 29.8 Å². The predicted molar refractivity (Wildman–Crippen MR) is 212 cm³/mol. The lowest BCUT2D eigenvalue weighted by atomic mass is 9.81. The average Bonchev–Trinajstić information content (AvgIpc) is 4.06. The molecule has 2 bridgehead atoms. The number of nitrogens with one attached hydrogen (secondary N) is 5. The van der Waals surface area contributed by atoms with Gasteiger partial charge in [0.1, 0.15) is 11.6 Å². The number of fused-ring (bicyclic) bond motifs is 6. The zero-order valence-corrected chi connectivity index (χ0v) is 31.9. The van der Waals surface area contributed by atoms with Crippen LogP contribution in [0.2, 0.25) is 0 Å². The molecule has 2 saturated heterocycles. The van der Waals surface area contributed by atoms with Crippen LogP contribution >= 0.6 is 0 Å². The van der Waals surface area contributed by atoms with Crippen molar-refractivity contribution in [3.8, 4) is 33.5 Å². The normalized spacial score (nSPS) is 22.1. The van der Waals surface area contributed by atoms with Crippen molar-refractivity contribution in [3.63, 3.8) is 0 Å². The maximum absolute atomic E-state index is 9.59. The van der Waals surface area contributed by atoms with E-state index in [2.05, 4.69) is 97.1 Å². The lowest BCUT2D eigenvalue weighted by Crippen LogP contribution is -2.14. The van der Waals surface area contributed by atoms with Gasteiger partial charge in [0.05, 0.1) is 42.1 Å². The smallest absolute Gasteiger partial charge is 0.302 e. The first-order chi connectivity index (χ1) is 25.9. The van der Waals surface area contributed by atoms with Crippen LogP contribution in [0.5, 0.6) is 0 Å². The number of nitrogens with zero attached hydrogens (tertiary/aromatic N) is 3. The van der Waals surface area contributed by atoms with E-state index in [1.165, 1.54) is 74.6 Å². The van der Waals surface area contributed by atoms with Gasteiger partial charge in [0.25, 0.3) is 0 Å². The van der Waals surface area contributed by atoms with Gasteiger partial charge in [-0.15, -0.1) is 4.91 Å². The Morgan fingerprint density at radius 1 is 0.849 bits per heavy atom. The second-order valence-corrected chi connectivity index (χ2v) is 14.3. The first-order valence-electron chi connectivity index (χ1n) is 19.2. The van der Waals surface area contributed by atoms with Crippen molar-refractivity contribution in [3.05, 3.63) is 88.5 Å². The Morgan fingerprint density at radius 2 is 1.49 bits per heavy atom. The van der Waals surface area contributed by atoms with Gasteiger partial charge in [-0.3, -0.25) is 10.2 Å². The quantitative estimate of drug-likeness (QED) is 0.0664. The molecule has 2 aliphatic heterocycles. The molecule has 53 heavy (non-hydrogen) atoms. The highest BCUT2D eigenvalue weighted by Gasteiger charge is 2.40. The first kappa shape index (κ1) is 37.9. The number of aromatic nitrogens is 4. The molecule has 2 aliphatic carbocycles. The van der Waals surface area contributed by atoms with Crippen molar-refractivity contribution in [2.75, 3.05) is 27.2 Å². The van der Waals surface area contributed by atoms with Crippen LogP contribution in [0, 0.1) is 10.8 Å². The van der Waals surface area contributed by atoms with E-state index < -0.39 is 0 Å². The van der Waals surface area contributed by atoms with Crippen LogP contribution in [0.3, 0.4) is 0 Å². The fourth-order valence-electron chi connectivity index (χ4n) is 8.42. The highest BCUT2D eigenvalue weighted by Crippen LogP contribution is 2.58. The van der Waals surface area contributed by atoms with Gasteiger partial charge in [-0.2, -0.15) is 0 Å². The summed E-state index contributed by atoms with van der Waals surface area (Å²) in [6.07, 6.45) is 9.43. The molecule has 4 aliphatic rings. The van der Waals surface area contributed by atoms with Crippen LogP contribution in [0.1, 0.15) is 113 Å². The van der Waals surface area contributed by atoms with E-state index in [1.807, 2.05) is 25.5 Å². The minimum absolute atomic E-state index is 0.245. The van der Waals surface area contributed by atoms with Crippen LogP contribution in [-0.2, 0) is 9.53 Å². The van der Waals surface area contributed by atoms with Gasteiger partial charge >= 0.3 is 5.97 Å². The molecule has 3 fully saturated rings. The maximum Gasteiger partial charge on any atom is 0.302 e. The van der Waals surface area contributed by atoms with Crippen molar-refractivity contribution in [1.29, 1.82) is 0 Å². The average molecular weight is 719 g/mol. The van der Waals surface area contributed by atoms with Crippen LogP contribution in [0.4, 0.5) is 0 Å². The summed E-state index contributed by atoms with van der Waals surface area (Å²) in [4.78, 5) is 35.3. The van der Waals surface area contributed by atoms with Crippen molar-refractivity contribution in [2.24, 2.45) is 11.2 Å². The van der Waals surface area contributed by atoms with Gasteiger partial charge < -0.3 is 25.3 Å². The third-order valence-electron chi connectivity index (χ3n) is 10.9. The molecule has 3 aromatic carbocycles. The molecule has 2 aromatic heterocycles. The topological polar surface area (TPSA) is 149 Å². The molecule has 5 atom stereocenters. The lowest BCUT2D eigenvalue weighted by Gasteiger charge is -2.23. The number of benzene rings is 3. The summed E-state index contributed by atoms with van der Waals surface area (Å²) >= 11 is 0. The second-order valence-electron chi connectivity index (χ2n) is 14.3. The Kier molecular flexibility index (Phi) is 12.4. The Balaban J connectivity index is 0.000000390. The minimum atomic E-state index is -0.245. The Hall–Kier alpha value is -4.87. The lowest BCUT2D eigenvalue weighted by molar-refractivity contribution is -0.137. The van der Waals surface area contributed by atoms with Crippen LogP contribution in [-0.4, -0.2) is 53.2 Å². The van der Waals surface area contributed by atoms with E-state index in [4.69, 9.17) is 9.89 Å². The van der Waals surface area contributed by atoms with E-state index in [-0.39, 0.29) is 5.97 Å². The summed E-state index contributed by atoms with van der Waals surface area (Å²) in [6, 6.07) is 21.4. The van der Waals surface area contributed by atoms with Gasteiger partial charge in [-0.1, -0.05) is 63.2 Å². The van der Waals surface area contributed by atoms with Gasteiger partial charge in [-0.25, -0.2) is 9.97 Å². The molecule has 0 amide bonds. The van der Waals surface area contributed by atoms with E-state index in [0.717, 1.165) is 54.3 Å². The second kappa shape index (κ2) is 17.3. The number of hydrogen-bond donors (Lipinski definition) is 5. The zero-order chi connectivity index (χ0) is 37.5. The summed E-state index contributed by atoms with van der Waals surface area (Å²) in [6.45, 7) is 9.82. The summed E-state index contributed by atoms with van der Waals surface area (Å²) in [5.74, 6) is 3.94. The number of aromatic amines is 2. The van der Waals surface area contributed by atoms with Gasteiger partial charge in [0.15, 0.2) is 0 Å². The van der Waals surface area contributed by atoms with Crippen LogP contribution in [0.15, 0.2) is 66.1 Å². The molecule has 11 nitrogen and oxygen atoms in total. The SMILES string of the molecule is CC.CC1CNC(c2nc3ccc(-c4ccc(-c5ccc(-c6cnc([C@@H]7CCCN7)[nH]6)cc5)c5c4C4CCC5C4)cc3[nH]2)C1.CNN=O.COC(C)=O. The zero-order valence-electron chi connectivity index (χ0n) is 31.9. The Morgan fingerprint density at radius 3 is 2.08 bits per heavy atom. The van der Waals surface area contributed by atoms with Gasteiger partial charge in [0.2, 0.25) is 0 Å². The van der Waals surface area contributed by atoms with E-state index in [1.54, 1.807) is 11.1 Å². The number of methoxy groups -OCH3 is 1. The van der Waals surface area contributed by atoms with Gasteiger partial charge in [0, 0.05) is 19.3 Å². The van der Waals surface area contributed by atoms with Gasteiger partial charge in [-0.05, 0) is 120 Å². The predicted octanol–water partition coefficient (Wildman–Crippen LogP) is 8.84. The van der Waals surface area contributed by atoms with Crippen LogP contribution < -0.4 is 16.1 Å². The summed E-state index contributed by atoms with van der Waals surface area (Å²) < 4.78 is 4.11. The number of esters is 1. The third-order valence-corrected chi connectivity index (χ3v) is 10.9. The van der Waals surface area contributed by atoms with Crippen molar-refractivity contribution in [2.45, 2.75) is 90.1 Å². The number of hydrogen-bond acceptors (Lipinski definition) is 8. The largest absolute Gasteiger partial charge is 0.469 e. The molecule has 1 saturated carbocycles. The standard InChI is InChI=1S/C36H38N6.C3H6O2.C2H6.CH4N2O/c1-20-15-31(38-18-20)36-40-28-13-10-23(17-30(28)41-36)27-12-11-26(33-24-8-9-25(16-24)34(27)33)21-4-6-22(7-5-21)32-19-39-35(42-32)29-3-2-14-37-29;1-3(4)5-2;1-2;1-2-3-4/h4-7,10-13,17,19-20,24-25,29,31,37-38H,2-3,8-9,14-16,18H2,1H3,(H,39,42)(H,40,41);1-2H3;1-2H3;1H3,(H,2,4)/t20?,24?,25?,29-,31?;;;/m0.../s1. The number of carbonyl (C=O) groups is 1. The molecule has 280 valence electrons. The molecular weight excluding hydrogens is 665 g/mol. The van der Waals surface area contributed by atoms with Crippen molar-refractivity contribution in [1.82, 2.24) is 36.0 Å². The number of nitroso groups, excluding NO2 is 1. The Labute approximate surface area is 312 Å². The fourth-order valence-corrected chi connectivity index (χ4v) is 8.42. The number of rotatable bonds is 6. The fraction of sp³-hybridized carbons (Fsp3) is 0.452. The third kappa shape index (κ3) is 8.21. The highest BCUT2D eigenvalue weighted by atomic mass is 16.5.